The number of ether oxygens (including phenoxy) is 2. The maximum Gasteiger partial charge on any atom is 0.169 e. The molecule has 0 spiro atoms. The van der Waals surface area contributed by atoms with Crippen LogP contribution in [0.5, 0.6) is 11.5 Å². The van der Waals surface area contributed by atoms with Crippen molar-refractivity contribution >= 4 is 5.82 Å². The van der Waals surface area contributed by atoms with Crippen molar-refractivity contribution in [1.29, 1.82) is 0 Å². The Balaban J connectivity index is 2.63. The summed E-state index contributed by atoms with van der Waals surface area (Å²) in [5, 5.41) is 6.45. The first kappa shape index (κ1) is 13.2. The van der Waals surface area contributed by atoms with Gasteiger partial charge in [-0.2, -0.15) is 5.10 Å². The Morgan fingerprint density at radius 3 is 2.58 bits per heavy atom. The average Bonchev–Trinajstić information content (AvgIpc) is 2.76. The van der Waals surface area contributed by atoms with Crippen molar-refractivity contribution in [2.45, 2.75) is 20.0 Å². The zero-order valence-corrected chi connectivity index (χ0v) is 11.0. The minimum Gasteiger partial charge on any atom is -0.493 e. The first-order chi connectivity index (χ1) is 9.02. The summed E-state index contributed by atoms with van der Waals surface area (Å²) in [7, 11) is 1.46. The number of aromatic amines is 1. The molecule has 1 heterocycles. The molecule has 1 aromatic carbocycles. The third-order valence-corrected chi connectivity index (χ3v) is 2.55. The predicted molar refractivity (Wildman–Crippen MR) is 70.7 cm³/mol. The van der Waals surface area contributed by atoms with E-state index in [2.05, 4.69) is 10.2 Å². The highest BCUT2D eigenvalue weighted by molar-refractivity contribution is 5.80. The van der Waals surface area contributed by atoms with E-state index in [1.807, 2.05) is 13.8 Å². The van der Waals surface area contributed by atoms with Gasteiger partial charge in [-0.3, -0.25) is 5.10 Å². The molecule has 0 saturated heterocycles. The van der Waals surface area contributed by atoms with Crippen LogP contribution in [0.4, 0.5) is 10.2 Å². The fourth-order valence-electron chi connectivity index (χ4n) is 1.79. The van der Waals surface area contributed by atoms with Gasteiger partial charge in [0.25, 0.3) is 0 Å². The number of halogens is 1. The van der Waals surface area contributed by atoms with Gasteiger partial charge in [-0.25, -0.2) is 4.39 Å². The Morgan fingerprint density at radius 1 is 1.32 bits per heavy atom. The minimum atomic E-state index is -0.427. The van der Waals surface area contributed by atoms with Crippen molar-refractivity contribution in [1.82, 2.24) is 10.2 Å². The molecular weight excluding hydrogens is 249 g/mol. The van der Waals surface area contributed by atoms with Crippen molar-refractivity contribution in [2.24, 2.45) is 0 Å². The molecule has 3 N–H and O–H groups in total. The van der Waals surface area contributed by atoms with E-state index in [-0.39, 0.29) is 6.10 Å². The molecule has 0 aliphatic heterocycles. The fourth-order valence-corrected chi connectivity index (χ4v) is 1.79. The summed E-state index contributed by atoms with van der Waals surface area (Å²) in [5.41, 5.74) is 6.87. The number of H-pyrrole nitrogens is 1. The lowest BCUT2D eigenvalue weighted by Crippen LogP contribution is -2.08. The number of nitrogens with zero attached hydrogens (tertiary/aromatic N) is 1. The quantitative estimate of drug-likeness (QED) is 0.891. The second-order valence-corrected chi connectivity index (χ2v) is 4.35. The van der Waals surface area contributed by atoms with Crippen LogP contribution >= 0.6 is 0 Å². The van der Waals surface area contributed by atoms with E-state index in [4.69, 9.17) is 15.2 Å². The third-order valence-electron chi connectivity index (χ3n) is 2.55. The predicted octanol–water partition coefficient (Wildman–Crippen LogP) is 2.59. The highest BCUT2D eigenvalue weighted by atomic mass is 19.1. The van der Waals surface area contributed by atoms with E-state index >= 15 is 0 Å². The molecular formula is C13H16FN3O2. The molecule has 5 nitrogen and oxygen atoms in total. The normalized spacial score (nSPS) is 10.8. The molecule has 0 bridgehead atoms. The van der Waals surface area contributed by atoms with Crippen molar-refractivity contribution in [3.05, 3.63) is 24.1 Å². The lowest BCUT2D eigenvalue weighted by atomic mass is 10.1. The molecule has 2 rings (SSSR count). The van der Waals surface area contributed by atoms with Gasteiger partial charge in [0.15, 0.2) is 11.5 Å². The van der Waals surface area contributed by atoms with Crippen LogP contribution in [0, 0.1) is 5.82 Å². The van der Waals surface area contributed by atoms with Crippen molar-refractivity contribution in [2.75, 3.05) is 12.8 Å². The van der Waals surface area contributed by atoms with Crippen LogP contribution in [0.2, 0.25) is 0 Å². The van der Waals surface area contributed by atoms with Crippen molar-refractivity contribution < 1.29 is 13.9 Å². The zero-order chi connectivity index (χ0) is 14.0. The van der Waals surface area contributed by atoms with Crippen molar-refractivity contribution in [3.8, 4) is 22.6 Å². The number of aromatic nitrogens is 2. The number of rotatable bonds is 4. The molecule has 0 fully saturated rings. The van der Waals surface area contributed by atoms with Crippen LogP contribution in [-0.4, -0.2) is 23.4 Å². The molecule has 0 saturated carbocycles. The van der Waals surface area contributed by atoms with Gasteiger partial charge >= 0.3 is 0 Å². The SMILES string of the molecule is COc1cc(F)cc(-c2cn[nH]c2N)c1OC(C)C. The van der Waals surface area contributed by atoms with Gasteiger partial charge in [0.05, 0.1) is 19.4 Å². The summed E-state index contributed by atoms with van der Waals surface area (Å²) in [6, 6.07) is 2.62. The molecule has 0 aliphatic carbocycles. The van der Waals surface area contributed by atoms with Gasteiger partial charge in [0, 0.05) is 17.2 Å². The summed E-state index contributed by atoms with van der Waals surface area (Å²) in [5.74, 6) is 0.695. The maximum atomic E-state index is 13.6. The number of hydrogen-bond acceptors (Lipinski definition) is 4. The van der Waals surface area contributed by atoms with Crippen LogP contribution in [0.3, 0.4) is 0 Å². The van der Waals surface area contributed by atoms with Gasteiger partial charge in [-0.1, -0.05) is 0 Å². The third kappa shape index (κ3) is 2.62. The molecule has 19 heavy (non-hydrogen) atoms. The zero-order valence-electron chi connectivity index (χ0n) is 11.0. The standard InChI is InChI=1S/C13H16FN3O2/c1-7(2)19-12-9(10-6-16-17-13(10)15)4-8(14)5-11(12)18-3/h4-7H,1-3H3,(H3,15,16,17). The monoisotopic (exact) mass is 265 g/mol. The second-order valence-electron chi connectivity index (χ2n) is 4.35. The van der Waals surface area contributed by atoms with Gasteiger partial charge in [0.2, 0.25) is 0 Å². The summed E-state index contributed by atoms with van der Waals surface area (Å²) in [6.07, 6.45) is 1.45. The molecule has 102 valence electrons. The number of anilines is 1. The van der Waals surface area contributed by atoms with Gasteiger partial charge in [-0.05, 0) is 19.9 Å². The van der Waals surface area contributed by atoms with Crippen LogP contribution in [0.15, 0.2) is 18.3 Å². The van der Waals surface area contributed by atoms with E-state index in [1.54, 1.807) is 0 Å². The van der Waals surface area contributed by atoms with Gasteiger partial charge in [-0.15, -0.1) is 0 Å². The molecule has 2 aromatic rings. The van der Waals surface area contributed by atoms with Crippen molar-refractivity contribution in [3.63, 3.8) is 0 Å². The Kier molecular flexibility index (Phi) is 3.59. The number of nitrogens with two attached hydrogens (primary N) is 1. The summed E-state index contributed by atoms with van der Waals surface area (Å²) in [6.45, 7) is 3.76. The highest BCUT2D eigenvalue weighted by Crippen LogP contribution is 2.41. The number of methoxy groups -OCH3 is 1. The number of nitrogens with one attached hydrogen (secondary N) is 1. The van der Waals surface area contributed by atoms with Crippen LogP contribution < -0.4 is 15.2 Å². The van der Waals surface area contributed by atoms with E-state index in [9.17, 15) is 4.39 Å². The van der Waals surface area contributed by atoms with Crippen LogP contribution in [-0.2, 0) is 0 Å². The smallest absolute Gasteiger partial charge is 0.169 e. The van der Waals surface area contributed by atoms with E-state index < -0.39 is 5.82 Å². The molecule has 0 atom stereocenters. The van der Waals surface area contributed by atoms with Gasteiger partial charge in [0.1, 0.15) is 11.6 Å². The lowest BCUT2D eigenvalue weighted by molar-refractivity contribution is 0.230. The number of nitrogen functional groups attached to an aromatic ring is 1. The molecule has 0 aliphatic rings. The minimum absolute atomic E-state index is 0.0776. The van der Waals surface area contributed by atoms with E-state index in [0.29, 0.717) is 28.4 Å². The molecule has 0 unspecified atom stereocenters. The van der Waals surface area contributed by atoms with E-state index in [0.717, 1.165) is 0 Å². The maximum absolute atomic E-state index is 13.6. The molecule has 6 heteroatoms. The number of benzene rings is 1. The largest absolute Gasteiger partial charge is 0.493 e. The van der Waals surface area contributed by atoms with Crippen LogP contribution in [0.1, 0.15) is 13.8 Å². The Morgan fingerprint density at radius 2 is 2.05 bits per heavy atom. The van der Waals surface area contributed by atoms with E-state index in [1.165, 1.54) is 25.4 Å². The highest BCUT2D eigenvalue weighted by Gasteiger charge is 2.18. The number of hydrogen-bond donors (Lipinski definition) is 2. The molecule has 1 aromatic heterocycles. The lowest BCUT2D eigenvalue weighted by Gasteiger charge is -2.17. The summed E-state index contributed by atoms with van der Waals surface area (Å²) in [4.78, 5) is 0. The van der Waals surface area contributed by atoms with Gasteiger partial charge < -0.3 is 15.2 Å². The topological polar surface area (TPSA) is 73.2 Å². The molecule has 0 amide bonds. The second kappa shape index (κ2) is 5.17. The Labute approximate surface area is 110 Å². The first-order valence-corrected chi connectivity index (χ1v) is 5.86. The summed E-state index contributed by atoms with van der Waals surface area (Å²) >= 11 is 0. The average molecular weight is 265 g/mol. The molecule has 0 radical (unpaired) electrons. The fraction of sp³-hybridized carbons (Fsp3) is 0.308. The van der Waals surface area contributed by atoms with Crippen LogP contribution in [0.25, 0.3) is 11.1 Å². The Bertz CT molecular complexity index is 581. The first-order valence-electron chi connectivity index (χ1n) is 5.86. The Hall–Kier alpha value is -2.24. The summed E-state index contributed by atoms with van der Waals surface area (Å²) < 4.78 is 24.5.